The third kappa shape index (κ3) is 4.82. The highest BCUT2D eigenvalue weighted by Crippen LogP contribution is 2.45. The van der Waals surface area contributed by atoms with Crippen LogP contribution in [-0.4, -0.2) is 87.0 Å². The third-order valence-corrected chi connectivity index (χ3v) is 9.94. The van der Waals surface area contributed by atoms with Crippen molar-refractivity contribution in [1.29, 1.82) is 0 Å². The first-order valence-corrected chi connectivity index (χ1v) is 15.0. The van der Waals surface area contributed by atoms with Crippen LogP contribution in [0.3, 0.4) is 0 Å². The fourth-order valence-corrected chi connectivity index (χ4v) is 7.37. The number of phenolic OH excluding ortho intramolecular Hbond substituents is 1. The highest BCUT2D eigenvalue weighted by molar-refractivity contribution is 5.83. The molecule has 2 saturated heterocycles. The Morgan fingerprint density at radius 2 is 2.00 bits per heavy atom. The van der Waals surface area contributed by atoms with E-state index in [4.69, 9.17) is 4.98 Å². The molecule has 9 nitrogen and oxygen atoms in total. The number of likely N-dealkylation sites (N-methyl/N-ethyl adjacent to an activating group) is 1. The van der Waals surface area contributed by atoms with Crippen LogP contribution in [0.1, 0.15) is 80.3 Å². The molecule has 10 heteroatoms. The number of hydrazine groups is 1. The summed E-state index contributed by atoms with van der Waals surface area (Å²) in [5, 5.41) is 9.87. The highest BCUT2D eigenvalue weighted by Gasteiger charge is 2.45. The standard InChI is InChI=1S/C30H44FN7O2/c1-6-17-10-27(39)22(31)11-21(17)18-7-8-20-23(9-18)34-35-28(20)29-32-24-12-26(38(16(2)3)15-25(24)33-29)30(40)37-13-19(14-37)36(4)5/h10-11,16,18-20,23,26,28,34-35,39H,6-9,12-15H2,1-5H3,(H,32,33)/t18?,20?,23?,26-,28?/m1/s1. The molecule has 1 amide bonds. The molecule has 1 saturated carbocycles. The number of aromatic hydroxyl groups is 1. The number of H-pyrrole nitrogens is 1. The van der Waals surface area contributed by atoms with Gasteiger partial charge in [-0.05, 0) is 88.7 Å². The fourth-order valence-electron chi connectivity index (χ4n) is 7.37. The lowest BCUT2D eigenvalue weighted by molar-refractivity contribution is -0.145. The number of carbonyl (C=O) groups is 1. The average molecular weight is 554 g/mol. The lowest BCUT2D eigenvalue weighted by Crippen LogP contribution is -2.64. The molecule has 2 aromatic rings. The van der Waals surface area contributed by atoms with Crippen LogP contribution in [0.5, 0.6) is 5.75 Å². The van der Waals surface area contributed by atoms with Gasteiger partial charge in [-0.2, -0.15) is 0 Å². The molecular formula is C30H44FN7O2. The van der Waals surface area contributed by atoms with E-state index in [2.05, 4.69) is 60.5 Å². The molecule has 0 radical (unpaired) electrons. The number of benzene rings is 1. The van der Waals surface area contributed by atoms with E-state index in [-0.39, 0.29) is 41.7 Å². The van der Waals surface area contributed by atoms with E-state index in [1.807, 2.05) is 4.90 Å². The molecule has 4 unspecified atom stereocenters. The molecule has 4 heterocycles. The Balaban J connectivity index is 1.16. The van der Waals surface area contributed by atoms with Crippen LogP contribution in [0.25, 0.3) is 0 Å². The van der Waals surface area contributed by atoms with Gasteiger partial charge in [-0.3, -0.25) is 15.1 Å². The number of hydrogen-bond acceptors (Lipinski definition) is 7. The number of halogens is 1. The van der Waals surface area contributed by atoms with E-state index < -0.39 is 5.82 Å². The molecule has 40 heavy (non-hydrogen) atoms. The Labute approximate surface area is 236 Å². The number of carbonyl (C=O) groups excluding carboxylic acids is 1. The van der Waals surface area contributed by atoms with Crippen molar-refractivity contribution in [1.82, 2.24) is 35.5 Å². The van der Waals surface area contributed by atoms with Gasteiger partial charge in [0.15, 0.2) is 11.6 Å². The average Bonchev–Trinajstić information content (AvgIpc) is 3.51. The SMILES string of the molecule is CCc1cc(O)c(F)cc1C1CCC2C(C1)NNC2c1nc2c([nH]1)CN(C(C)C)[C@@H](C(=O)N1CC(N(C)C)C1)C2. The number of phenols is 1. The number of hydrogen-bond donors (Lipinski definition) is 4. The molecule has 1 aliphatic carbocycles. The number of amides is 1. The quantitative estimate of drug-likeness (QED) is 0.437. The van der Waals surface area contributed by atoms with E-state index in [1.165, 1.54) is 0 Å². The monoisotopic (exact) mass is 553 g/mol. The third-order valence-electron chi connectivity index (χ3n) is 9.94. The van der Waals surface area contributed by atoms with Crippen LogP contribution in [0.2, 0.25) is 0 Å². The molecule has 218 valence electrons. The van der Waals surface area contributed by atoms with Crippen LogP contribution in [0.4, 0.5) is 4.39 Å². The highest BCUT2D eigenvalue weighted by atomic mass is 19.1. The predicted molar refractivity (Wildman–Crippen MR) is 151 cm³/mol. The molecular weight excluding hydrogens is 509 g/mol. The maximum Gasteiger partial charge on any atom is 0.240 e. The number of aromatic amines is 1. The molecule has 6 rings (SSSR count). The van der Waals surface area contributed by atoms with Crippen LogP contribution in [0.15, 0.2) is 12.1 Å². The number of imidazole rings is 1. The Bertz CT molecular complexity index is 1260. The van der Waals surface area contributed by atoms with Gasteiger partial charge in [0, 0.05) is 44.2 Å². The van der Waals surface area contributed by atoms with Gasteiger partial charge in [0.1, 0.15) is 5.82 Å². The summed E-state index contributed by atoms with van der Waals surface area (Å²) < 4.78 is 14.3. The molecule has 1 aromatic heterocycles. The van der Waals surface area contributed by atoms with Gasteiger partial charge in [-0.25, -0.2) is 14.8 Å². The first-order chi connectivity index (χ1) is 19.1. The summed E-state index contributed by atoms with van der Waals surface area (Å²) in [5.41, 5.74) is 11.2. The molecule has 4 aliphatic rings. The van der Waals surface area contributed by atoms with E-state index in [1.54, 1.807) is 12.1 Å². The number of nitrogens with one attached hydrogen (secondary N) is 3. The molecule has 3 aliphatic heterocycles. The van der Waals surface area contributed by atoms with Crippen molar-refractivity contribution in [3.63, 3.8) is 0 Å². The Morgan fingerprint density at radius 1 is 1.23 bits per heavy atom. The van der Waals surface area contributed by atoms with Crippen molar-refractivity contribution in [3.8, 4) is 5.75 Å². The van der Waals surface area contributed by atoms with E-state index >= 15 is 0 Å². The Kier molecular flexibility index (Phi) is 7.39. The van der Waals surface area contributed by atoms with Gasteiger partial charge in [-0.15, -0.1) is 0 Å². The number of nitrogens with zero attached hydrogens (tertiary/aromatic N) is 4. The van der Waals surface area contributed by atoms with Crippen molar-refractivity contribution in [2.45, 2.75) is 95.5 Å². The number of aromatic nitrogens is 2. The van der Waals surface area contributed by atoms with Gasteiger partial charge in [0.05, 0.1) is 23.5 Å². The van der Waals surface area contributed by atoms with Crippen LogP contribution in [0, 0.1) is 11.7 Å². The van der Waals surface area contributed by atoms with Crippen LogP contribution >= 0.6 is 0 Å². The van der Waals surface area contributed by atoms with Gasteiger partial charge < -0.3 is 19.9 Å². The number of aryl methyl sites for hydroxylation is 1. The maximum absolute atomic E-state index is 14.3. The summed E-state index contributed by atoms with van der Waals surface area (Å²) in [6, 6.07) is 3.97. The second-order valence-electron chi connectivity index (χ2n) is 12.8. The molecule has 0 bridgehead atoms. The lowest BCUT2D eigenvalue weighted by Gasteiger charge is -2.46. The fraction of sp³-hybridized carbons (Fsp3) is 0.667. The minimum absolute atomic E-state index is 0.0663. The summed E-state index contributed by atoms with van der Waals surface area (Å²) in [5.74, 6) is 0.992. The zero-order valence-electron chi connectivity index (χ0n) is 24.4. The smallest absolute Gasteiger partial charge is 0.240 e. The molecule has 0 spiro atoms. The predicted octanol–water partition coefficient (Wildman–Crippen LogP) is 2.83. The van der Waals surface area contributed by atoms with Gasteiger partial charge in [0.2, 0.25) is 5.91 Å². The maximum atomic E-state index is 14.3. The summed E-state index contributed by atoms with van der Waals surface area (Å²) >= 11 is 0. The largest absolute Gasteiger partial charge is 0.505 e. The van der Waals surface area contributed by atoms with Crippen molar-refractivity contribution >= 4 is 5.91 Å². The first kappa shape index (κ1) is 27.6. The number of rotatable bonds is 6. The van der Waals surface area contributed by atoms with Crippen LogP contribution < -0.4 is 10.9 Å². The molecule has 5 atom stereocenters. The van der Waals surface area contributed by atoms with E-state index in [9.17, 15) is 14.3 Å². The molecule has 3 fully saturated rings. The van der Waals surface area contributed by atoms with Crippen LogP contribution in [-0.2, 0) is 24.2 Å². The summed E-state index contributed by atoms with van der Waals surface area (Å²) in [7, 11) is 4.15. The lowest BCUT2D eigenvalue weighted by atomic mass is 9.73. The second kappa shape index (κ2) is 10.7. The van der Waals surface area contributed by atoms with Gasteiger partial charge in [-0.1, -0.05) is 6.92 Å². The zero-order valence-corrected chi connectivity index (χ0v) is 24.4. The van der Waals surface area contributed by atoms with Crippen molar-refractivity contribution in [2.24, 2.45) is 5.92 Å². The number of likely N-dealkylation sites (tertiary alicyclic amines) is 1. The Morgan fingerprint density at radius 3 is 2.70 bits per heavy atom. The molecule has 4 N–H and O–H groups in total. The summed E-state index contributed by atoms with van der Waals surface area (Å²) in [6.45, 7) is 8.67. The van der Waals surface area contributed by atoms with E-state index in [0.717, 1.165) is 67.1 Å². The van der Waals surface area contributed by atoms with Gasteiger partial charge >= 0.3 is 0 Å². The minimum Gasteiger partial charge on any atom is -0.505 e. The van der Waals surface area contributed by atoms with Crippen molar-refractivity contribution in [3.05, 3.63) is 46.3 Å². The second-order valence-corrected chi connectivity index (χ2v) is 12.8. The Hall–Kier alpha value is -2.53. The van der Waals surface area contributed by atoms with Gasteiger partial charge in [0.25, 0.3) is 0 Å². The van der Waals surface area contributed by atoms with E-state index in [0.29, 0.717) is 24.9 Å². The zero-order chi connectivity index (χ0) is 28.3. The first-order valence-electron chi connectivity index (χ1n) is 15.0. The molecule has 1 aromatic carbocycles. The normalized spacial score (nSPS) is 29.1. The summed E-state index contributed by atoms with van der Waals surface area (Å²) in [4.78, 5) is 28.8. The minimum atomic E-state index is -0.537. The van der Waals surface area contributed by atoms with Crippen molar-refractivity contribution in [2.75, 3.05) is 27.2 Å². The topological polar surface area (TPSA) is 99.8 Å². The van der Waals surface area contributed by atoms with Crippen molar-refractivity contribution < 1.29 is 14.3 Å². The number of fused-ring (bicyclic) bond motifs is 2. The summed E-state index contributed by atoms with van der Waals surface area (Å²) in [6.07, 6.45) is 4.28.